The van der Waals surface area contributed by atoms with Gasteiger partial charge in [-0.15, -0.1) is 0 Å². The summed E-state index contributed by atoms with van der Waals surface area (Å²) in [6.45, 7) is 1.95. The maximum absolute atomic E-state index is 8.65. The molecule has 0 unspecified atom stereocenters. The molecular weight excluding hydrogens is 210 g/mol. The zero-order chi connectivity index (χ0) is 10.8. The highest BCUT2D eigenvalue weighted by atomic mass is 35.5. The fourth-order valence-corrected chi connectivity index (χ4v) is 1.67. The average molecular weight is 218 g/mol. The molecule has 0 aliphatic heterocycles. The van der Waals surface area contributed by atoms with Crippen molar-refractivity contribution in [1.82, 2.24) is 0 Å². The predicted molar refractivity (Wildman–Crippen MR) is 58.6 cm³/mol. The van der Waals surface area contributed by atoms with Crippen LogP contribution in [0.4, 0.5) is 0 Å². The van der Waals surface area contributed by atoms with Gasteiger partial charge in [-0.1, -0.05) is 11.6 Å². The van der Waals surface area contributed by atoms with Gasteiger partial charge in [-0.05, 0) is 42.8 Å². The van der Waals surface area contributed by atoms with Crippen LogP contribution in [-0.4, -0.2) is 0 Å². The molecule has 0 saturated carbocycles. The molecule has 2 nitrogen and oxygen atoms in total. The molecule has 0 atom stereocenters. The molecule has 1 aromatic heterocycles. The molecule has 0 aliphatic carbocycles. The summed E-state index contributed by atoms with van der Waals surface area (Å²) in [6.07, 6.45) is 0. The van der Waals surface area contributed by atoms with Crippen LogP contribution in [0.1, 0.15) is 11.3 Å². The molecular formula is C12H8ClNO. The predicted octanol–water partition coefficient (Wildman–Crippen LogP) is 3.78. The largest absolute Gasteiger partial charge is 0.446 e. The maximum atomic E-state index is 8.65. The number of benzene rings is 1. The SMILES string of the molecule is Cc1cc(Cl)ccc1-c1ccc(C#N)o1. The molecule has 2 rings (SSSR count). The summed E-state index contributed by atoms with van der Waals surface area (Å²) in [5, 5.41) is 9.34. The van der Waals surface area contributed by atoms with E-state index in [-0.39, 0.29) is 0 Å². The van der Waals surface area contributed by atoms with E-state index in [4.69, 9.17) is 21.3 Å². The van der Waals surface area contributed by atoms with Gasteiger partial charge < -0.3 is 4.42 Å². The smallest absolute Gasteiger partial charge is 0.204 e. The van der Waals surface area contributed by atoms with Gasteiger partial charge in [0.25, 0.3) is 0 Å². The van der Waals surface area contributed by atoms with E-state index >= 15 is 0 Å². The van der Waals surface area contributed by atoms with E-state index in [2.05, 4.69) is 0 Å². The monoisotopic (exact) mass is 217 g/mol. The quantitative estimate of drug-likeness (QED) is 0.729. The lowest BCUT2D eigenvalue weighted by atomic mass is 10.1. The normalized spacial score (nSPS) is 9.93. The van der Waals surface area contributed by atoms with Crippen LogP contribution >= 0.6 is 11.6 Å². The maximum Gasteiger partial charge on any atom is 0.204 e. The van der Waals surface area contributed by atoms with Gasteiger partial charge in [0.05, 0.1) is 0 Å². The highest BCUT2D eigenvalue weighted by molar-refractivity contribution is 6.30. The van der Waals surface area contributed by atoms with Crippen LogP contribution in [0.2, 0.25) is 5.02 Å². The van der Waals surface area contributed by atoms with Gasteiger partial charge in [-0.25, -0.2) is 0 Å². The first-order chi connectivity index (χ1) is 7.20. The standard InChI is InChI=1S/C12H8ClNO/c1-8-6-9(13)2-4-11(8)12-5-3-10(7-14)15-12/h2-6H,1H3. The first kappa shape index (κ1) is 9.82. The Labute approximate surface area is 92.7 Å². The van der Waals surface area contributed by atoms with Crippen molar-refractivity contribution in [2.75, 3.05) is 0 Å². The minimum atomic E-state index is 0.319. The lowest BCUT2D eigenvalue weighted by molar-refractivity contribution is 0.567. The van der Waals surface area contributed by atoms with E-state index in [0.29, 0.717) is 16.5 Å². The van der Waals surface area contributed by atoms with Crippen LogP contribution in [0.3, 0.4) is 0 Å². The second-order valence-corrected chi connectivity index (χ2v) is 3.67. The molecule has 0 bridgehead atoms. The topological polar surface area (TPSA) is 36.9 Å². The molecule has 3 heteroatoms. The zero-order valence-corrected chi connectivity index (χ0v) is 8.88. The number of furan rings is 1. The summed E-state index contributed by atoms with van der Waals surface area (Å²) in [5.41, 5.74) is 1.99. The van der Waals surface area contributed by atoms with Gasteiger partial charge in [0, 0.05) is 10.6 Å². The Bertz CT molecular complexity index is 537. The van der Waals surface area contributed by atoms with Crippen molar-refractivity contribution >= 4 is 11.6 Å². The summed E-state index contributed by atoms with van der Waals surface area (Å²) in [6, 6.07) is 11.0. The molecule has 15 heavy (non-hydrogen) atoms. The fourth-order valence-electron chi connectivity index (χ4n) is 1.45. The van der Waals surface area contributed by atoms with Crippen molar-refractivity contribution in [3.05, 3.63) is 46.7 Å². The van der Waals surface area contributed by atoms with Crippen molar-refractivity contribution in [1.29, 1.82) is 5.26 Å². The number of aryl methyl sites for hydroxylation is 1. The van der Waals surface area contributed by atoms with Crippen LogP contribution in [0.25, 0.3) is 11.3 Å². The minimum absolute atomic E-state index is 0.319. The molecule has 2 aromatic rings. The molecule has 0 fully saturated rings. The van der Waals surface area contributed by atoms with Crippen molar-refractivity contribution in [2.45, 2.75) is 6.92 Å². The molecule has 0 spiro atoms. The number of hydrogen-bond donors (Lipinski definition) is 0. The third kappa shape index (κ3) is 1.88. The van der Waals surface area contributed by atoms with Crippen LogP contribution in [0.5, 0.6) is 0 Å². The number of rotatable bonds is 1. The van der Waals surface area contributed by atoms with Gasteiger partial charge in [0.15, 0.2) is 0 Å². The van der Waals surface area contributed by atoms with E-state index in [1.165, 1.54) is 0 Å². The summed E-state index contributed by atoms with van der Waals surface area (Å²) >= 11 is 5.85. The van der Waals surface area contributed by atoms with Crippen LogP contribution in [0.15, 0.2) is 34.7 Å². The van der Waals surface area contributed by atoms with E-state index in [1.807, 2.05) is 25.1 Å². The van der Waals surface area contributed by atoms with Crippen LogP contribution < -0.4 is 0 Å². The Morgan fingerprint density at radius 3 is 2.67 bits per heavy atom. The van der Waals surface area contributed by atoms with Gasteiger partial charge in [0.2, 0.25) is 5.76 Å². The minimum Gasteiger partial charge on any atom is -0.446 e. The van der Waals surface area contributed by atoms with Crippen molar-refractivity contribution in [3.8, 4) is 17.4 Å². The third-order valence-electron chi connectivity index (χ3n) is 2.17. The van der Waals surface area contributed by atoms with Crippen molar-refractivity contribution in [3.63, 3.8) is 0 Å². The number of hydrogen-bond acceptors (Lipinski definition) is 2. The van der Waals surface area contributed by atoms with Crippen molar-refractivity contribution in [2.24, 2.45) is 0 Å². The highest BCUT2D eigenvalue weighted by Gasteiger charge is 2.07. The highest BCUT2D eigenvalue weighted by Crippen LogP contribution is 2.27. The Morgan fingerprint density at radius 1 is 1.27 bits per heavy atom. The summed E-state index contributed by atoms with van der Waals surface area (Å²) in [5.74, 6) is 1.01. The van der Waals surface area contributed by atoms with E-state index in [0.717, 1.165) is 11.1 Å². The first-order valence-corrected chi connectivity index (χ1v) is 4.85. The number of nitriles is 1. The van der Waals surface area contributed by atoms with E-state index in [9.17, 15) is 0 Å². The average Bonchev–Trinajstić information content (AvgIpc) is 2.66. The van der Waals surface area contributed by atoms with Gasteiger partial charge >= 0.3 is 0 Å². The number of nitrogens with zero attached hydrogens (tertiary/aromatic N) is 1. The molecule has 74 valence electrons. The lowest BCUT2D eigenvalue weighted by Gasteiger charge is -2.02. The molecule has 0 N–H and O–H groups in total. The molecule has 1 heterocycles. The van der Waals surface area contributed by atoms with Gasteiger partial charge in [-0.2, -0.15) is 5.26 Å². The molecule has 0 amide bonds. The Hall–Kier alpha value is -1.72. The Balaban J connectivity index is 2.50. The number of halogens is 1. The summed E-state index contributed by atoms with van der Waals surface area (Å²) in [4.78, 5) is 0. The first-order valence-electron chi connectivity index (χ1n) is 4.47. The van der Waals surface area contributed by atoms with Crippen molar-refractivity contribution < 1.29 is 4.42 Å². The third-order valence-corrected chi connectivity index (χ3v) is 2.41. The molecule has 1 aromatic carbocycles. The van der Waals surface area contributed by atoms with E-state index in [1.54, 1.807) is 18.2 Å². The summed E-state index contributed by atoms with van der Waals surface area (Å²) in [7, 11) is 0. The Morgan fingerprint density at radius 2 is 2.07 bits per heavy atom. The van der Waals surface area contributed by atoms with E-state index < -0.39 is 0 Å². The second-order valence-electron chi connectivity index (χ2n) is 3.23. The lowest BCUT2D eigenvalue weighted by Crippen LogP contribution is -1.80. The fraction of sp³-hybridized carbons (Fsp3) is 0.0833. The van der Waals surface area contributed by atoms with Gasteiger partial charge in [0.1, 0.15) is 11.8 Å². The molecule has 0 radical (unpaired) electrons. The van der Waals surface area contributed by atoms with Crippen LogP contribution in [0, 0.1) is 18.3 Å². The second kappa shape index (κ2) is 3.80. The Kier molecular flexibility index (Phi) is 2.49. The molecule has 0 saturated heterocycles. The summed E-state index contributed by atoms with van der Waals surface area (Å²) < 4.78 is 5.34. The van der Waals surface area contributed by atoms with Gasteiger partial charge in [-0.3, -0.25) is 0 Å². The van der Waals surface area contributed by atoms with Crippen LogP contribution in [-0.2, 0) is 0 Å². The zero-order valence-electron chi connectivity index (χ0n) is 8.12. The molecule has 0 aliphatic rings.